The largest absolute Gasteiger partial charge is 0.483 e. The van der Waals surface area contributed by atoms with Gasteiger partial charge >= 0.3 is 0 Å². The summed E-state index contributed by atoms with van der Waals surface area (Å²) < 4.78 is 11.6. The third-order valence-electron chi connectivity index (χ3n) is 2.63. The van der Waals surface area contributed by atoms with Gasteiger partial charge < -0.3 is 14.6 Å². The van der Waals surface area contributed by atoms with Crippen molar-refractivity contribution in [3.05, 3.63) is 40.0 Å². The maximum atomic E-state index is 5.65. The molecule has 108 valence electrons. The van der Waals surface area contributed by atoms with Crippen molar-refractivity contribution in [3.63, 3.8) is 0 Å². The number of hydrogen-bond donors (Lipinski definition) is 1. The van der Waals surface area contributed by atoms with E-state index in [1.807, 2.05) is 18.2 Å². The number of halogens is 1. The first kappa shape index (κ1) is 15.0. The van der Waals surface area contributed by atoms with Crippen LogP contribution < -0.4 is 10.1 Å². The molecule has 5 nitrogen and oxygen atoms in total. The Morgan fingerprint density at radius 1 is 1.40 bits per heavy atom. The summed E-state index contributed by atoms with van der Waals surface area (Å²) in [6.07, 6.45) is 0. The number of nitrogens with one attached hydrogen (secondary N) is 1. The van der Waals surface area contributed by atoms with E-state index >= 15 is 0 Å². The molecular formula is C14H18BrN3O2. The molecular weight excluding hydrogens is 322 g/mol. The molecule has 2 rings (SSSR count). The smallest absolute Gasteiger partial charge is 0.264 e. The lowest BCUT2D eigenvalue weighted by Crippen LogP contribution is -2.21. The minimum atomic E-state index is 0.267. The number of aryl methyl sites for hydroxylation is 1. The third kappa shape index (κ3) is 4.31. The van der Waals surface area contributed by atoms with E-state index in [2.05, 4.69) is 45.2 Å². The molecule has 6 heteroatoms. The summed E-state index contributed by atoms with van der Waals surface area (Å²) in [7, 11) is 0. The van der Waals surface area contributed by atoms with Gasteiger partial charge in [-0.3, -0.25) is 0 Å². The average Bonchev–Trinajstić information content (AvgIpc) is 2.81. The molecule has 0 aliphatic rings. The fraction of sp³-hybridized carbons (Fsp3) is 0.429. The maximum Gasteiger partial charge on any atom is 0.264 e. The third-order valence-corrected chi connectivity index (χ3v) is 3.25. The first-order valence-corrected chi connectivity index (χ1v) is 7.27. The molecule has 1 N–H and O–H groups in total. The van der Waals surface area contributed by atoms with Crippen molar-refractivity contribution >= 4 is 15.9 Å². The zero-order valence-electron chi connectivity index (χ0n) is 11.8. The van der Waals surface area contributed by atoms with E-state index < -0.39 is 0 Å². The van der Waals surface area contributed by atoms with E-state index in [1.54, 1.807) is 6.92 Å². The molecule has 2 aromatic rings. The van der Waals surface area contributed by atoms with Crippen LogP contribution in [0.3, 0.4) is 0 Å². The fourth-order valence-electron chi connectivity index (χ4n) is 1.63. The summed E-state index contributed by atoms with van der Waals surface area (Å²) in [6.45, 7) is 7.12. The summed E-state index contributed by atoms with van der Waals surface area (Å²) in [4.78, 5) is 4.09. The van der Waals surface area contributed by atoms with Crippen molar-refractivity contribution in [1.82, 2.24) is 15.5 Å². The van der Waals surface area contributed by atoms with E-state index in [0.29, 0.717) is 17.8 Å². The molecule has 1 aromatic carbocycles. The lowest BCUT2D eigenvalue weighted by Gasteiger charge is -2.10. The fourth-order valence-corrected chi connectivity index (χ4v) is 2.17. The SMILES string of the molecule is Cc1noc(COc2ccc(CNC(C)C)cc2Br)n1. The van der Waals surface area contributed by atoms with Crippen LogP contribution >= 0.6 is 15.9 Å². The zero-order valence-corrected chi connectivity index (χ0v) is 13.4. The first-order valence-electron chi connectivity index (χ1n) is 6.48. The van der Waals surface area contributed by atoms with Gasteiger partial charge in [0.05, 0.1) is 4.47 Å². The Hall–Kier alpha value is -1.40. The van der Waals surface area contributed by atoms with Crippen molar-refractivity contribution in [2.24, 2.45) is 0 Å². The molecule has 0 atom stereocenters. The molecule has 0 unspecified atom stereocenters. The zero-order chi connectivity index (χ0) is 14.5. The minimum absolute atomic E-state index is 0.267. The Morgan fingerprint density at radius 2 is 2.20 bits per heavy atom. The van der Waals surface area contributed by atoms with Gasteiger partial charge in [-0.1, -0.05) is 25.1 Å². The van der Waals surface area contributed by atoms with Crippen molar-refractivity contribution in [2.45, 2.75) is 40.0 Å². The van der Waals surface area contributed by atoms with Gasteiger partial charge in [-0.15, -0.1) is 0 Å². The monoisotopic (exact) mass is 339 g/mol. The summed E-state index contributed by atoms with van der Waals surface area (Å²) in [5, 5.41) is 7.09. The highest BCUT2D eigenvalue weighted by molar-refractivity contribution is 9.10. The highest BCUT2D eigenvalue weighted by Crippen LogP contribution is 2.26. The molecule has 20 heavy (non-hydrogen) atoms. The average molecular weight is 340 g/mol. The number of aromatic nitrogens is 2. The van der Waals surface area contributed by atoms with Crippen LogP contribution in [0.1, 0.15) is 31.1 Å². The quantitative estimate of drug-likeness (QED) is 0.875. The lowest BCUT2D eigenvalue weighted by atomic mass is 10.2. The highest BCUT2D eigenvalue weighted by atomic mass is 79.9. The molecule has 0 radical (unpaired) electrons. The second kappa shape index (κ2) is 6.85. The molecule has 0 aliphatic heterocycles. The normalized spacial score (nSPS) is 11.1. The van der Waals surface area contributed by atoms with Gasteiger partial charge in [-0.2, -0.15) is 4.98 Å². The van der Waals surface area contributed by atoms with Gasteiger partial charge in [0.25, 0.3) is 5.89 Å². The van der Waals surface area contributed by atoms with Gasteiger partial charge in [-0.05, 0) is 40.5 Å². The topological polar surface area (TPSA) is 60.2 Å². The molecule has 1 aromatic heterocycles. The van der Waals surface area contributed by atoms with Crippen molar-refractivity contribution in [3.8, 4) is 5.75 Å². The van der Waals surface area contributed by atoms with Crippen LogP contribution in [-0.2, 0) is 13.2 Å². The Labute approximate surface area is 126 Å². The standard InChI is InChI=1S/C14H18BrN3O2/c1-9(2)16-7-11-4-5-13(12(15)6-11)19-8-14-17-10(3)18-20-14/h4-6,9,16H,7-8H2,1-3H3. The summed E-state index contributed by atoms with van der Waals surface area (Å²) in [5.41, 5.74) is 1.20. The van der Waals surface area contributed by atoms with E-state index in [-0.39, 0.29) is 6.61 Å². The van der Waals surface area contributed by atoms with E-state index in [1.165, 1.54) is 5.56 Å². The second-order valence-electron chi connectivity index (χ2n) is 4.82. The Balaban J connectivity index is 1.95. The van der Waals surface area contributed by atoms with E-state index in [0.717, 1.165) is 16.8 Å². The van der Waals surface area contributed by atoms with Crippen LogP contribution in [0.2, 0.25) is 0 Å². The molecule has 0 fully saturated rings. The number of nitrogens with zero attached hydrogens (tertiary/aromatic N) is 2. The predicted molar refractivity (Wildman–Crippen MR) is 79.5 cm³/mol. The molecule has 1 heterocycles. The van der Waals surface area contributed by atoms with Crippen molar-refractivity contribution in [1.29, 1.82) is 0 Å². The van der Waals surface area contributed by atoms with Crippen LogP contribution in [-0.4, -0.2) is 16.2 Å². The van der Waals surface area contributed by atoms with Crippen LogP contribution in [0.4, 0.5) is 0 Å². The summed E-state index contributed by atoms with van der Waals surface area (Å²) in [5.74, 6) is 1.84. The second-order valence-corrected chi connectivity index (χ2v) is 5.68. The number of ether oxygens (including phenoxy) is 1. The van der Waals surface area contributed by atoms with Crippen LogP contribution in [0, 0.1) is 6.92 Å². The Morgan fingerprint density at radius 3 is 2.80 bits per heavy atom. The molecule has 0 aliphatic carbocycles. The number of hydrogen-bond acceptors (Lipinski definition) is 5. The highest BCUT2D eigenvalue weighted by Gasteiger charge is 2.07. The van der Waals surface area contributed by atoms with Crippen LogP contribution in [0.25, 0.3) is 0 Å². The Bertz CT molecular complexity index is 569. The molecule has 0 saturated carbocycles. The molecule has 0 saturated heterocycles. The molecule has 0 spiro atoms. The lowest BCUT2D eigenvalue weighted by molar-refractivity contribution is 0.241. The molecule has 0 amide bonds. The van der Waals surface area contributed by atoms with Gasteiger partial charge in [0.1, 0.15) is 5.75 Å². The van der Waals surface area contributed by atoms with Crippen LogP contribution in [0.15, 0.2) is 27.2 Å². The van der Waals surface area contributed by atoms with E-state index in [9.17, 15) is 0 Å². The number of benzene rings is 1. The Kier molecular flexibility index (Phi) is 5.14. The van der Waals surface area contributed by atoms with Gasteiger partial charge in [0, 0.05) is 12.6 Å². The van der Waals surface area contributed by atoms with Crippen LogP contribution in [0.5, 0.6) is 5.75 Å². The summed E-state index contributed by atoms with van der Waals surface area (Å²) >= 11 is 3.51. The van der Waals surface area contributed by atoms with Crippen molar-refractivity contribution < 1.29 is 9.26 Å². The summed E-state index contributed by atoms with van der Waals surface area (Å²) in [6, 6.07) is 6.48. The van der Waals surface area contributed by atoms with Gasteiger partial charge in [0.2, 0.25) is 0 Å². The minimum Gasteiger partial charge on any atom is -0.483 e. The van der Waals surface area contributed by atoms with Crippen molar-refractivity contribution in [2.75, 3.05) is 0 Å². The maximum absolute atomic E-state index is 5.65. The van der Waals surface area contributed by atoms with Gasteiger partial charge in [-0.25, -0.2) is 0 Å². The van der Waals surface area contributed by atoms with Gasteiger partial charge in [0.15, 0.2) is 12.4 Å². The predicted octanol–water partition coefficient (Wildman–Crippen LogP) is 3.22. The molecule has 0 bridgehead atoms. The number of rotatable bonds is 6. The van der Waals surface area contributed by atoms with E-state index in [4.69, 9.17) is 9.26 Å². The first-order chi connectivity index (χ1) is 9.54.